The molecule has 2 N–H and O–H groups in total. The smallest absolute Gasteiger partial charge is 0.314 e. The highest BCUT2D eigenvalue weighted by Crippen LogP contribution is 2.35. The number of benzene rings is 1. The molecule has 25 heavy (non-hydrogen) atoms. The third kappa shape index (κ3) is 4.73. The number of nitrogens with one attached hydrogen (secondary N) is 2. The summed E-state index contributed by atoms with van der Waals surface area (Å²) in [5.74, 6) is 0. The third-order valence-corrected chi connectivity index (χ3v) is 4.99. The fourth-order valence-electron chi connectivity index (χ4n) is 3.31. The molecular weight excluding hydrogens is 325 g/mol. The van der Waals surface area contributed by atoms with Gasteiger partial charge >= 0.3 is 6.18 Å². The highest BCUT2D eigenvalue weighted by Gasteiger charge is 2.33. The molecule has 0 unspecified atom stereocenters. The molecule has 0 spiro atoms. The van der Waals surface area contributed by atoms with E-state index in [9.17, 15) is 13.2 Å². The molecule has 136 valence electrons. The van der Waals surface area contributed by atoms with Gasteiger partial charge in [0.2, 0.25) is 0 Å². The second-order valence-corrected chi connectivity index (χ2v) is 6.89. The van der Waals surface area contributed by atoms with Crippen LogP contribution < -0.4 is 10.6 Å². The number of hydrogen-bond donors (Lipinski definition) is 2. The minimum absolute atomic E-state index is 0.0744. The maximum absolute atomic E-state index is 12.9. The van der Waals surface area contributed by atoms with Crippen molar-refractivity contribution in [3.63, 3.8) is 0 Å². The van der Waals surface area contributed by atoms with E-state index in [1.165, 1.54) is 11.6 Å². The lowest BCUT2D eigenvalue weighted by molar-refractivity contribution is -0.0939. The Hall–Kier alpha value is -1.59. The lowest BCUT2D eigenvalue weighted by Crippen LogP contribution is -2.58. The molecule has 1 fully saturated rings. The van der Waals surface area contributed by atoms with E-state index >= 15 is 0 Å². The molecule has 1 atom stereocenters. The number of allylic oxidation sites excluding steroid dienone is 4. The summed E-state index contributed by atoms with van der Waals surface area (Å²) in [4.78, 5) is 0. The normalized spacial score (nSPS) is 19.8. The number of alkyl halides is 3. The SMILES string of the molecule is CC[C@@H](Cc1ccc(C2=CCCC(C(F)(F)F)=C2)cc1)NC1CNC1. The lowest BCUT2D eigenvalue weighted by atomic mass is 9.93. The van der Waals surface area contributed by atoms with Gasteiger partial charge in [-0.15, -0.1) is 0 Å². The standard InChI is InChI=1S/C20H25F3N2/c1-2-18(25-19-12-24-13-19)10-14-6-8-15(9-7-14)16-4-3-5-17(11-16)20(21,22)23/h4,6-9,11,18-19,24-25H,2-3,5,10,12-13H2,1H3/t18-/m0/s1. The summed E-state index contributed by atoms with van der Waals surface area (Å²) < 4.78 is 38.7. The Kier molecular flexibility index (Phi) is 5.64. The van der Waals surface area contributed by atoms with Gasteiger partial charge in [0, 0.05) is 30.7 Å². The summed E-state index contributed by atoms with van der Waals surface area (Å²) in [6, 6.07) is 8.94. The number of hydrogen-bond acceptors (Lipinski definition) is 2. The van der Waals surface area contributed by atoms with Crippen molar-refractivity contribution in [2.45, 2.75) is 50.9 Å². The van der Waals surface area contributed by atoms with Gasteiger partial charge in [0.05, 0.1) is 0 Å². The molecule has 0 saturated carbocycles. The third-order valence-electron chi connectivity index (χ3n) is 4.99. The van der Waals surface area contributed by atoms with Crippen LogP contribution >= 0.6 is 0 Å². The Morgan fingerprint density at radius 1 is 1.20 bits per heavy atom. The number of halogens is 3. The zero-order chi connectivity index (χ0) is 17.9. The largest absolute Gasteiger partial charge is 0.412 e. The van der Waals surface area contributed by atoms with Crippen molar-refractivity contribution in [3.05, 3.63) is 53.1 Å². The predicted octanol–water partition coefficient (Wildman–Crippen LogP) is 4.24. The van der Waals surface area contributed by atoms with Crippen molar-refractivity contribution in [3.8, 4) is 0 Å². The predicted molar refractivity (Wildman–Crippen MR) is 95.4 cm³/mol. The summed E-state index contributed by atoms with van der Waals surface area (Å²) in [5, 5.41) is 6.90. The summed E-state index contributed by atoms with van der Waals surface area (Å²) in [6.45, 7) is 4.23. The van der Waals surface area contributed by atoms with Crippen LogP contribution in [0.5, 0.6) is 0 Å². The van der Waals surface area contributed by atoms with Gasteiger partial charge in [-0.1, -0.05) is 37.3 Å². The van der Waals surface area contributed by atoms with Crippen LogP contribution in [0.15, 0.2) is 42.0 Å². The fraction of sp³-hybridized carbons (Fsp3) is 0.500. The van der Waals surface area contributed by atoms with Gasteiger partial charge in [0.15, 0.2) is 0 Å². The first-order valence-electron chi connectivity index (χ1n) is 8.99. The van der Waals surface area contributed by atoms with E-state index in [2.05, 4.69) is 17.6 Å². The molecule has 1 aliphatic carbocycles. The maximum atomic E-state index is 12.9. The first-order chi connectivity index (χ1) is 12.0. The summed E-state index contributed by atoms with van der Waals surface area (Å²) in [6.07, 6.45) is 1.47. The van der Waals surface area contributed by atoms with Crippen LogP contribution in [-0.2, 0) is 6.42 Å². The minimum Gasteiger partial charge on any atom is -0.314 e. The minimum atomic E-state index is -4.23. The molecule has 2 aliphatic rings. The van der Waals surface area contributed by atoms with E-state index in [1.807, 2.05) is 30.3 Å². The average molecular weight is 350 g/mol. The molecule has 1 saturated heterocycles. The monoisotopic (exact) mass is 350 g/mol. The highest BCUT2D eigenvalue weighted by molar-refractivity contribution is 5.76. The average Bonchev–Trinajstić information content (AvgIpc) is 2.57. The first-order valence-corrected chi connectivity index (χ1v) is 8.99. The zero-order valence-corrected chi connectivity index (χ0v) is 14.5. The summed E-state index contributed by atoms with van der Waals surface area (Å²) in [5.41, 5.74) is 2.32. The second kappa shape index (κ2) is 7.75. The van der Waals surface area contributed by atoms with Crippen LogP contribution in [0.25, 0.3) is 5.57 Å². The van der Waals surface area contributed by atoms with E-state index in [1.54, 1.807) is 0 Å². The van der Waals surface area contributed by atoms with Gasteiger partial charge in [0.1, 0.15) is 0 Å². The van der Waals surface area contributed by atoms with E-state index in [4.69, 9.17) is 0 Å². The van der Waals surface area contributed by atoms with Crippen molar-refractivity contribution in [1.29, 1.82) is 0 Å². The Morgan fingerprint density at radius 2 is 1.92 bits per heavy atom. The molecule has 1 aromatic carbocycles. The molecule has 1 aliphatic heterocycles. The molecule has 2 nitrogen and oxygen atoms in total. The zero-order valence-electron chi connectivity index (χ0n) is 14.5. The second-order valence-electron chi connectivity index (χ2n) is 6.89. The molecule has 1 heterocycles. The molecule has 0 amide bonds. The summed E-state index contributed by atoms with van der Waals surface area (Å²) in [7, 11) is 0. The van der Waals surface area contributed by atoms with Crippen molar-refractivity contribution < 1.29 is 13.2 Å². The van der Waals surface area contributed by atoms with Gasteiger partial charge in [-0.25, -0.2) is 0 Å². The summed E-state index contributed by atoms with van der Waals surface area (Å²) >= 11 is 0. The van der Waals surface area contributed by atoms with Gasteiger partial charge < -0.3 is 10.6 Å². The molecule has 0 aromatic heterocycles. The molecule has 5 heteroatoms. The van der Waals surface area contributed by atoms with Crippen molar-refractivity contribution in [2.75, 3.05) is 13.1 Å². The fourth-order valence-corrected chi connectivity index (χ4v) is 3.31. The van der Waals surface area contributed by atoms with Crippen molar-refractivity contribution in [1.82, 2.24) is 10.6 Å². The van der Waals surface area contributed by atoms with Crippen LogP contribution in [0.3, 0.4) is 0 Å². The Bertz CT molecular complexity index is 640. The Morgan fingerprint density at radius 3 is 2.48 bits per heavy atom. The Labute approximate surface area is 147 Å². The van der Waals surface area contributed by atoms with E-state index in [0.29, 0.717) is 24.1 Å². The molecular formula is C20H25F3N2. The van der Waals surface area contributed by atoms with Gasteiger partial charge in [-0.05, 0) is 48.5 Å². The van der Waals surface area contributed by atoms with Crippen LogP contribution in [-0.4, -0.2) is 31.3 Å². The van der Waals surface area contributed by atoms with E-state index in [-0.39, 0.29) is 6.42 Å². The molecule has 1 aromatic rings. The van der Waals surface area contributed by atoms with Gasteiger partial charge in [0.25, 0.3) is 0 Å². The van der Waals surface area contributed by atoms with Crippen LogP contribution in [0.4, 0.5) is 13.2 Å². The van der Waals surface area contributed by atoms with E-state index in [0.717, 1.165) is 31.5 Å². The van der Waals surface area contributed by atoms with Crippen LogP contribution in [0.1, 0.15) is 37.3 Å². The highest BCUT2D eigenvalue weighted by atomic mass is 19.4. The van der Waals surface area contributed by atoms with Crippen LogP contribution in [0, 0.1) is 0 Å². The van der Waals surface area contributed by atoms with Crippen LogP contribution in [0.2, 0.25) is 0 Å². The van der Waals surface area contributed by atoms with Gasteiger partial charge in [-0.3, -0.25) is 0 Å². The number of rotatable bonds is 6. The molecule has 3 rings (SSSR count). The van der Waals surface area contributed by atoms with Gasteiger partial charge in [-0.2, -0.15) is 13.2 Å². The first kappa shape index (κ1) is 18.2. The molecule has 0 radical (unpaired) electrons. The van der Waals surface area contributed by atoms with Crippen molar-refractivity contribution in [2.24, 2.45) is 0 Å². The quantitative estimate of drug-likeness (QED) is 0.802. The molecule has 0 bridgehead atoms. The van der Waals surface area contributed by atoms with Crippen molar-refractivity contribution >= 4 is 5.57 Å². The topological polar surface area (TPSA) is 24.1 Å². The van der Waals surface area contributed by atoms with E-state index < -0.39 is 11.7 Å². The Balaban J connectivity index is 1.65. The maximum Gasteiger partial charge on any atom is 0.412 e. The lowest BCUT2D eigenvalue weighted by Gasteiger charge is -2.32.